The summed E-state index contributed by atoms with van der Waals surface area (Å²) in [6.07, 6.45) is 3.72. The smallest absolute Gasteiger partial charge is 0.338 e. The molecule has 34 heavy (non-hydrogen) atoms. The zero-order chi connectivity index (χ0) is 24.1. The Labute approximate surface area is 207 Å². The maximum atomic E-state index is 13.6. The van der Waals surface area contributed by atoms with Gasteiger partial charge in [0.2, 0.25) is 0 Å². The summed E-state index contributed by atoms with van der Waals surface area (Å²) in [7, 11) is 0. The van der Waals surface area contributed by atoms with Crippen molar-refractivity contribution in [3.05, 3.63) is 106 Å². The van der Waals surface area contributed by atoms with Gasteiger partial charge in [0, 0.05) is 5.57 Å². The summed E-state index contributed by atoms with van der Waals surface area (Å²) in [5.41, 5.74) is 4.03. The summed E-state index contributed by atoms with van der Waals surface area (Å²) >= 11 is 3.54. The van der Waals surface area contributed by atoms with Gasteiger partial charge in [-0.2, -0.15) is 0 Å². The van der Waals surface area contributed by atoms with E-state index in [4.69, 9.17) is 9.47 Å². The monoisotopic (exact) mass is 517 g/mol. The fourth-order valence-electron chi connectivity index (χ4n) is 3.74. The predicted octanol–water partition coefficient (Wildman–Crippen LogP) is 6.50. The van der Waals surface area contributed by atoms with E-state index in [1.54, 1.807) is 30.0 Å². The quantitative estimate of drug-likeness (QED) is 0.265. The molecule has 172 valence electrons. The lowest BCUT2D eigenvalue weighted by atomic mass is 10.1. The summed E-state index contributed by atoms with van der Waals surface area (Å²) in [5.74, 6) is 0.154. The highest BCUT2D eigenvalue weighted by atomic mass is 79.9. The van der Waals surface area contributed by atoms with E-state index in [0.29, 0.717) is 23.4 Å². The Morgan fingerprint density at radius 1 is 0.971 bits per heavy atom. The van der Waals surface area contributed by atoms with Gasteiger partial charge in [-0.1, -0.05) is 42.5 Å². The van der Waals surface area contributed by atoms with E-state index < -0.39 is 5.97 Å². The molecule has 1 amide bonds. The number of benzene rings is 3. The minimum Gasteiger partial charge on any atom is -0.493 e. The topological polar surface area (TPSA) is 55.8 Å². The number of carbonyl (C=O) groups excluding carboxylic acids is 2. The van der Waals surface area contributed by atoms with Crippen molar-refractivity contribution in [2.45, 2.75) is 13.8 Å². The molecule has 1 aliphatic heterocycles. The first-order chi connectivity index (χ1) is 16.5. The minimum absolute atomic E-state index is 0.176. The van der Waals surface area contributed by atoms with Gasteiger partial charge >= 0.3 is 5.97 Å². The molecule has 3 aromatic carbocycles. The molecule has 0 fully saturated rings. The van der Waals surface area contributed by atoms with Crippen LogP contribution in [0.4, 0.5) is 5.69 Å². The van der Waals surface area contributed by atoms with Crippen LogP contribution in [0.3, 0.4) is 0 Å². The first-order valence-corrected chi connectivity index (χ1v) is 11.8. The Bertz CT molecular complexity index is 1280. The highest BCUT2D eigenvalue weighted by Gasteiger charge is 2.31. The fourth-order valence-corrected chi connectivity index (χ4v) is 4.25. The number of hydrogen-bond acceptors (Lipinski definition) is 4. The van der Waals surface area contributed by atoms with Gasteiger partial charge in [-0.25, -0.2) is 4.79 Å². The number of anilines is 1. The van der Waals surface area contributed by atoms with Crippen molar-refractivity contribution in [3.63, 3.8) is 0 Å². The van der Waals surface area contributed by atoms with E-state index in [2.05, 4.69) is 15.9 Å². The van der Waals surface area contributed by atoms with Crippen molar-refractivity contribution >= 4 is 45.3 Å². The lowest BCUT2D eigenvalue weighted by Crippen LogP contribution is -2.25. The van der Waals surface area contributed by atoms with Crippen molar-refractivity contribution in [2.24, 2.45) is 0 Å². The van der Waals surface area contributed by atoms with Gasteiger partial charge in [-0.15, -0.1) is 0 Å². The van der Waals surface area contributed by atoms with Crippen LogP contribution in [-0.2, 0) is 9.53 Å². The molecule has 0 bridgehead atoms. The van der Waals surface area contributed by atoms with E-state index in [0.717, 1.165) is 27.0 Å². The average Bonchev–Trinajstić information content (AvgIpc) is 3.17. The van der Waals surface area contributed by atoms with Crippen molar-refractivity contribution in [1.82, 2.24) is 0 Å². The highest BCUT2D eigenvalue weighted by Crippen LogP contribution is 2.36. The van der Waals surface area contributed by atoms with E-state index >= 15 is 0 Å². The summed E-state index contributed by atoms with van der Waals surface area (Å²) in [4.78, 5) is 27.5. The number of amides is 1. The Hall–Kier alpha value is -3.64. The number of ether oxygens (including phenoxy) is 2. The zero-order valence-electron chi connectivity index (χ0n) is 19.0. The summed E-state index contributed by atoms with van der Waals surface area (Å²) in [6.45, 7) is 4.55. The minimum atomic E-state index is -0.420. The molecule has 0 atom stereocenters. The van der Waals surface area contributed by atoms with E-state index in [-0.39, 0.29) is 12.5 Å². The van der Waals surface area contributed by atoms with Crippen molar-refractivity contribution in [2.75, 3.05) is 18.1 Å². The molecule has 0 aliphatic carbocycles. The van der Waals surface area contributed by atoms with Crippen LogP contribution >= 0.6 is 15.9 Å². The number of nitrogens with zero attached hydrogens (tertiary/aromatic N) is 1. The molecular formula is C28H24BrNO4. The molecule has 1 aliphatic rings. The van der Waals surface area contributed by atoms with Gasteiger partial charge in [-0.3, -0.25) is 9.69 Å². The summed E-state index contributed by atoms with van der Waals surface area (Å²) < 4.78 is 11.5. The summed E-state index contributed by atoms with van der Waals surface area (Å²) in [5, 5.41) is 0. The summed E-state index contributed by atoms with van der Waals surface area (Å²) in [6, 6.07) is 22.3. The molecule has 3 aromatic rings. The SMILES string of the molecule is CCOC(=O)c1cccc(N2C(=O)/C(=C/c3ccc(OCC)c(Br)c3)C=C2c2ccccc2)c1. The van der Waals surface area contributed by atoms with Gasteiger partial charge in [0.1, 0.15) is 5.75 Å². The second-order valence-corrected chi connectivity index (χ2v) is 8.38. The third-order valence-corrected chi connectivity index (χ3v) is 5.87. The zero-order valence-corrected chi connectivity index (χ0v) is 20.5. The van der Waals surface area contributed by atoms with Gasteiger partial charge in [0.25, 0.3) is 5.91 Å². The number of hydrogen-bond donors (Lipinski definition) is 0. The lowest BCUT2D eigenvalue weighted by molar-refractivity contribution is -0.113. The van der Waals surface area contributed by atoms with Crippen LogP contribution in [0, 0.1) is 0 Å². The van der Waals surface area contributed by atoms with Crippen molar-refractivity contribution in [1.29, 1.82) is 0 Å². The molecule has 0 unspecified atom stereocenters. The first-order valence-electron chi connectivity index (χ1n) is 11.0. The lowest BCUT2D eigenvalue weighted by Gasteiger charge is -2.21. The standard InChI is InChI=1S/C28H24BrNO4/c1-3-33-26-14-13-19(16-24(26)29)15-22-18-25(20-9-6-5-7-10-20)30(27(22)31)23-12-8-11-21(17-23)28(32)34-4-2/h5-18H,3-4H2,1-2H3/b22-15+. The number of carbonyl (C=O) groups is 2. The molecule has 6 heteroatoms. The third kappa shape index (κ3) is 4.97. The van der Waals surface area contributed by atoms with Crippen molar-refractivity contribution < 1.29 is 19.1 Å². The number of rotatable bonds is 7. The predicted molar refractivity (Wildman–Crippen MR) is 138 cm³/mol. The van der Waals surface area contributed by atoms with E-state index in [1.165, 1.54) is 0 Å². The van der Waals surface area contributed by atoms with Crippen molar-refractivity contribution in [3.8, 4) is 5.75 Å². The maximum absolute atomic E-state index is 13.6. The van der Waals surface area contributed by atoms with Crippen LogP contribution in [0.25, 0.3) is 11.8 Å². The molecule has 0 saturated carbocycles. The van der Waals surface area contributed by atoms with Crippen LogP contribution in [0.1, 0.15) is 35.3 Å². The number of halogens is 1. The molecule has 1 heterocycles. The molecule has 0 N–H and O–H groups in total. The van der Waals surface area contributed by atoms with Gasteiger partial charge in [-0.05, 0) is 83.4 Å². The third-order valence-electron chi connectivity index (χ3n) is 5.25. The largest absolute Gasteiger partial charge is 0.493 e. The van der Waals surface area contributed by atoms with Crippen LogP contribution in [-0.4, -0.2) is 25.1 Å². The Morgan fingerprint density at radius 2 is 1.76 bits per heavy atom. The molecule has 0 aromatic heterocycles. The Morgan fingerprint density at radius 3 is 2.47 bits per heavy atom. The second kappa shape index (κ2) is 10.5. The molecule has 4 rings (SSSR count). The fraction of sp³-hybridized carbons (Fsp3) is 0.143. The van der Waals surface area contributed by atoms with Crippen LogP contribution in [0.15, 0.2) is 88.9 Å². The Kier molecular flexibility index (Phi) is 7.28. The van der Waals surface area contributed by atoms with Gasteiger partial charge in [0.05, 0.1) is 34.6 Å². The maximum Gasteiger partial charge on any atom is 0.338 e. The highest BCUT2D eigenvalue weighted by molar-refractivity contribution is 9.10. The van der Waals surface area contributed by atoms with Crippen LogP contribution < -0.4 is 9.64 Å². The molecule has 5 nitrogen and oxygen atoms in total. The average molecular weight is 518 g/mol. The van der Waals surface area contributed by atoms with E-state index in [1.807, 2.05) is 73.7 Å². The van der Waals surface area contributed by atoms with E-state index in [9.17, 15) is 9.59 Å². The van der Waals surface area contributed by atoms with Gasteiger partial charge < -0.3 is 9.47 Å². The molecule has 0 radical (unpaired) electrons. The molecule has 0 saturated heterocycles. The van der Waals surface area contributed by atoms with Crippen LogP contribution in [0.5, 0.6) is 5.75 Å². The van der Waals surface area contributed by atoms with Gasteiger partial charge in [0.15, 0.2) is 0 Å². The number of esters is 1. The molecule has 0 spiro atoms. The molecular weight excluding hydrogens is 494 g/mol. The second-order valence-electron chi connectivity index (χ2n) is 7.53. The first kappa shape index (κ1) is 23.5. The normalized spacial score (nSPS) is 14.3. The Balaban J connectivity index is 1.76. The van der Waals surface area contributed by atoms with Crippen LogP contribution in [0.2, 0.25) is 0 Å².